The smallest absolute Gasteiger partial charge is 0.219 e. The first-order valence-electron chi connectivity index (χ1n) is 10.5. The van der Waals surface area contributed by atoms with E-state index >= 15 is 0 Å². The number of carbonyl (C=O) groups is 1. The van der Waals surface area contributed by atoms with Gasteiger partial charge < -0.3 is 20.4 Å². The Morgan fingerprint density at radius 2 is 2.10 bits per heavy atom. The normalized spacial score (nSPS) is 17.5. The summed E-state index contributed by atoms with van der Waals surface area (Å²) in [5.74, 6) is 1.40. The van der Waals surface area contributed by atoms with Gasteiger partial charge in [-0.3, -0.25) is 9.48 Å². The van der Waals surface area contributed by atoms with E-state index in [4.69, 9.17) is 10.2 Å². The van der Waals surface area contributed by atoms with Crippen molar-refractivity contribution in [3.8, 4) is 11.1 Å². The molecule has 3 aromatic rings. The van der Waals surface area contributed by atoms with Crippen molar-refractivity contribution in [1.82, 2.24) is 25.0 Å². The number of piperidine rings is 1. The van der Waals surface area contributed by atoms with E-state index in [1.54, 1.807) is 13.1 Å². The summed E-state index contributed by atoms with van der Waals surface area (Å²) in [6.45, 7) is 4.97. The van der Waals surface area contributed by atoms with Gasteiger partial charge in [-0.05, 0) is 37.4 Å². The number of carbonyl (C=O) groups excluding carboxylic acids is 1. The number of nitrogens with one attached hydrogen (secondary N) is 1. The number of fused-ring (bicyclic) bond motifs is 1. The van der Waals surface area contributed by atoms with E-state index in [-0.39, 0.29) is 18.3 Å². The third kappa shape index (κ3) is 4.05. The highest BCUT2D eigenvalue weighted by Gasteiger charge is 2.23. The highest BCUT2D eigenvalue weighted by Crippen LogP contribution is 2.36. The zero-order chi connectivity index (χ0) is 20.7. The van der Waals surface area contributed by atoms with Crippen LogP contribution in [0, 0.1) is 0 Å². The van der Waals surface area contributed by atoms with Crippen LogP contribution < -0.4 is 11.1 Å². The number of rotatable bonds is 3. The lowest BCUT2D eigenvalue weighted by Crippen LogP contribution is -2.37. The summed E-state index contributed by atoms with van der Waals surface area (Å²) in [7, 11) is 0. The molecule has 5 heterocycles. The minimum absolute atomic E-state index is 0. The Morgan fingerprint density at radius 3 is 2.81 bits per heavy atom. The molecule has 2 aliphatic rings. The van der Waals surface area contributed by atoms with Gasteiger partial charge >= 0.3 is 0 Å². The summed E-state index contributed by atoms with van der Waals surface area (Å²) >= 11 is 0. The standard InChI is InChI=1S/C22H26N6O2.ClH/c1-14(29)27-8-4-17(5-9-27)28-13-16(11-26-28)19-12-25-22(23)21-18(19)10-20(30-21)15-2-6-24-7-3-15;/h2,10-13,17,24H,3-9H2,1H3,(H2,23,25);1H. The Bertz CT molecular complexity index is 1130. The van der Waals surface area contributed by atoms with Crippen LogP contribution in [0.4, 0.5) is 5.82 Å². The highest BCUT2D eigenvalue weighted by atomic mass is 35.5. The number of pyridine rings is 1. The number of amides is 1. The quantitative estimate of drug-likeness (QED) is 0.645. The molecule has 0 radical (unpaired) electrons. The molecule has 0 bridgehead atoms. The average molecular weight is 443 g/mol. The van der Waals surface area contributed by atoms with Gasteiger partial charge in [-0.25, -0.2) is 4.98 Å². The summed E-state index contributed by atoms with van der Waals surface area (Å²) in [6, 6.07) is 2.37. The number of hydrogen-bond donors (Lipinski definition) is 2. The minimum Gasteiger partial charge on any atom is -0.453 e. The van der Waals surface area contributed by atoms with Crippen molar-refractivity contribution in [1.29, 1.82) is 0 Å². The van der Waals surface area contributed by atoms with Gasteiger partial charge in [0.15, 0.2) is 11.4 Å². The Kier molecular flexibility index (Phi) is 6.02. The summed E-state index contributed by atoms with van der Waals surface area (Å²) in [5.41, 5.74) is 9.90. The summed E-state index contributed by atoms with van der Waals surface area (Å²) < 4.78 is 8.13. The Labute approximate surface area is 186 Å². The molecule has 0 spiro atoms. The molecule has 1 saturated heterocycles. The van der Waals surface area contributed by atoms with E-state index in [9.17, 15) is 4.79 Å². The number of nitrogens with zero attached hydrogens (tertiary/aromatic N) is 4. The van der Waals surface area contributed by atoms with Gasteiger partial charge in [-0.15, -0.1) is 12.4 Å². The van der Waals surface area contributed by atoms with Crippen molar-refractivity contribution in [3.05, 3.63) is 36.5 Å². The first-order valence-corrected chi connectivity index (χ1v) is 10.5. The predicted octanol–water partition coefficient (Wildman–Crippen LogP) is 3.26. The van der Waals surface area contributed by atoms with Crippen LogP contribution in [-0.4, -0.2) is 51.8 Å². The topological polar surface area (TPSA) is 102 Å². The fourth-order valence-corrected chi connectivity index (χ4v) is 4.40. The van der Waals surface area contributed by atoms with Gasteiger partial charge in [0.2, 0.25) is 5.91 Å². The molecule has 3 aromatic heterocycles. The number of halogens is 1. The fraction of sp³-hybridized carbons (Fsp3) is 0.409. The Balaban J connectivity index is 0.00000231. The zero-order valence-corrected chi connectivity index (χ0v) is 18.3. The van der Waals surface area contributed by atoms with E-state index in [2.05, 4.69) is 33.7 Å². The number of furan rings is 1. The Hall–Kier alpha value is -2.84. The van der Waals surface area contributed by atoms with Crippen molar-refractivity contribution in [2.45, 2.75) is 32.2 Å². The SMILES string of the molecule is CC(=O)N1CCC(n2cc(-c3cnc(N)c4oc(C5=CCNCC5)cc34)cn2)CC1.Cl. The second-order valence-corrected chi connectivity index (χ2v) is 8.04. The fourth-order valence-electron chi connectivity index (χ4n) is 4.40. The maximum Gasteiger partial charge on any atom is 0.219 e. The summed E-state index contributed by atoms with van der Waals surface area (Å²) in [6.07, 6.45) is 10.7. The molecule has 3 N–H and O–H groups in total. The van der Waals surface area contributed by atoms with Crippen molar-refractivity contribution < 1.29 is 9.21 Å². The summed E-state index contributed by atoms with van der Waals surface area (Å²) in [5, 5.41) is 8.90. The molecule has 8 nitrogen and oxygen atoms in total. The van der Waals surface area contributed by atoms with Crippen LogP contribution in [0.5, 0.6) is 0 Å². The van der Waals surface area contributed by atoms with Gasteiger partial charge in [0.25, 0.3) is 0 Å². The van der Waals surface area contributed by atoms with Gasteiger partial charge in [-0.2, -0.15) is 5.10 Å². The Morgan fingerprint density at radius 1 is 1.29 bits per heavy atom. The lowest BCUT2D eigenvalue weighted by atomic mass is 10.0. The zero-order valence-electron chi connectivity index (χ0n) is 17.5. The first-order chi connectivity index (χ1) is 14.6. The van der Waals surface area contributed by atoms with Crippen LogP contribution >= 0.6 is 12.4 Å². The molecule has 31 heavy (non-hydrogen) atoms. The maximum atomic E-state index is 11.6. The number of nitrogens with two attached hydrogens (primary N) is 1. The molecule has 0 aromatic carbocycles. The van der Waals surface area contributed by atoms with E-state index < -0.39 is 0 Å². The molecule has 2 aliphatic heterocycles. The number of aromatic nitrogens is 3. The number of nitrogen functional groups attached to an aromatic ring is 1. The molecule has 0 atom stereocenters. The number of likely N-dealkylation sites (tertiary alicyclic amines) is 1. The molecule has 164 valence electrons. The van der Waals surface area contributed by atoms with Gasteiger partial charge in [0.1, 0.15) is 5.76 Å². The largest absolute Gasteiger partial charge is 0.453 e. The van der Waals surface area contributed by atoms with Crippen LogP contribution in [0.3, 0.4) is 0 Å². The molecule has 0 aliphatic carbocycles. The third-order valence-electron chi connectivity index (χ3n) is 6.16. The first kappa shape index (κ1) is 21.4. The monoisotopic (exact) mass is 442 g/mol. The minimum atomic E-state index is 0. The van der Waals surface area contributed by atoms with Crippen LogP contribution in [0.1, 0.15) is 38.0 Å². The van der Waals surface area contributed by atoms with Crippen molar-refractivity contribution in [3.63, 3.8) is 0 Å². The van der Waals surface area contributed by atoms with Crippen molar-refractivity contribution in [2.24, 2.45) is 0 Å². The van der Waals surface area contributed by atoms with E-state index in [0.717, 1.165) is 67.7 Å². The molecular formula is C22H27ClN6O2. The van der Waals surface area contributed by atoms with E-state index in [0.29, 0.717) is 17.4 Å². The van der Waals surface area contributed by atoms with Crippen LogP contribution in [0.25, 0.3) is 27.7 Å². The number of anilines is 1. The molecule has 1 amide bonds. The molecule has 5 rings (SSSR count). The lowest BCUT2D eigenvalue weighted by Gasteiger charge is -2.31. The van der Waals surface area contributed by atoms with E-state index in [1.807, 2.05) is 15.8 Å². The lowest BCUT2D eigenvalue weighted by molar-refractivity contribution is -0.130. The van der Waals surface area contributed by atoms with E-state index in [1.165, 1.54) is 5.57 Å². The molecule has 9 heteroatoms. The maximum absolute atomic E-state index is 11.6. The number of hydrogen-bond acceptors (Lipinski definition) is 6. The van der Waals surface area contributed by atoms with Gasteiger partial charge in [-0.1, -0.05) is 6.08 Å². The predicted molar refractivity (Wildman–Crippen MR) is 123 cm³/mol. The van der Waals surface area contributed by atoms with Crippen LogP contribution in [-0.2, 0) is 4.79 Å². The second kappa shape index (κ2) is 8.72. The van der Waals surface area contributed by atoms with Crippen molar-refractivity contribution in [2.75, 3.05) is 31.9 Å². The third-order valence-corrected chi connectivity index (χ3v) is 6.16. The molecular weight excluding hydrogens is 416 g/mol. The molecule has 0 saturated carbocycles. The summed E-state index contributed by atoms with van der Waals surface area (Å²) in [4.78, 5) is 17.8. The average Bonchev–Trinajstić information content (AvgIpc) is 3.43. The molecule has 1 fully saturated rings. The second-order valence-electron chi connectivity index (χ2n) is 8.04. The molecule has 0 unspecified atom stereocenters. The van der Waals surface area contributed by atoms with Gasteiger partial charge in [0, 0.05) is 55.5 Å². The van der Waals surface area contributed by atoms with Crippen LogP contribution in [0.2, 0.25) is 0 Å². The highest BCUT2D eigenvalue weighted by molar-refractivity contribution is 5.99. The van der Waals surface area contributed by atoms with Crippen LogP contribution in [0.15, 0.2) is 35.2 Å². The van der Waals surface area contributed by atoms with Gasteiger partial charge in [0.05, 0.1) is 12.2 Å². The van der Waals surface area contributed by atoms with Crippen molar-refractivity contribution >= 4 is 40.7 Å².